The average Bonchev–Trinajstić information content (AvgIpc) is 3.05. The molecule has 2 aliphatic carbocycles. The first-order valence-corrected chi connectivity index (χ1v) is 8.97. The van der Waals surface area contributed by atoms with Crippen molar-refractivity contribution in [2.45, 2.75) is 63.8 Å². The summed E-state index contributed by atoms with van der Waals surface area (Å²) in [5.41, 5.74) is 4.42. The second-order valence-corrected chi connectivity index (χ2v) is 6.92. The van der Waals surface area contributed by atoms with Gasteiger partial charge in [0, 0.05) is 5.39 Å². The third kappa shape index (κ3) is 2.67. The van der Waals surface area contributed by atoms with Gasteiger partial charge < -0.3 is 0 Å². The molecule has 1 heterocycles. The molecule has 1 aromatic carbocycles. The molecule has 1 fully saturated rings. The molecule has 23 heavy (non-hydrogen) atoms. The lowest BCUT2D eigenvalue weighted by atomic mass is 9.90. The van der Waals surface area contributed by atoms with Crippen LogP contribution in [0.15, 0.2) is 24.4 Å². The highest BCUT2D eigenvalue weighted by atomic mass is 15.3. The van der Waals surface area contributed by atoms with Crippen molar-refractivity contribution >= 4 is 16.5 Å². The summed E-state index contributed by atoms with van der Waals surface area (Å²) < 4.78 is 2.17. The first-order valence-electron chi connectivity index (χ1n) is 8.97. The van der Waals surface area contributed by atoms with E-state index in [1.807, 2.05) is 6.20 Å². The second-order valence-electron chi connectivity index (χ2n) is 6.92. The van der Waals surface area contributed by atoms with E-state index in [-0.39, 0.29) is 0 Å². The van der Waals surface area contributed by atoms with Crippen molar-refractivity contribution in [3.05, 3.63) is 35.5 Å². The van der Waals surface area contributed by atoms with Gasteiger partial charge in [-0.15, -0.1) is 0 Å². The van der Waals surface area contributed by atoms with Crippen LogP contribution in [0.4, 0.5) is 0 Å². The highest BCUT2D eigenvalue weighted by molar-refractivity contribution is 5.86. The molecule has 2 aliphatic rings. The summed E-state index contributed by atoms with van der Waals surface area (Å²) >= 11 is 0. The van der Waals surface area contributed by atoms with E-state index in [2.05, 4.69) is 34.1 Å². The lowest BCUT2D eigenvalue weighted by molar-refractivity contribution is 0.337. The number of fused-ring (bicyclic) bond motifs is 1. The van der Waals surface area contributed by atoms with Gasteiger partial charge in [-0.05, 0) is 61.8 Å². The number of hydrogen-bond acceptors (Lipinski definition) is 2. The van der Waals surface area contributed by atoms with Crippen LogP contribution in [0.1, 0.15) is 75.0 Å². The molecule has 3 heteroatoms. The minimum atomic E-state index is 0.507. The predicted octanol–water partition coefficient (Wildman–Crippen LogP) is 5.37. The van der Waals surface area contributed by atoms with Crippen LogP contribution in [0, 0.1) is 11.3 Å². The van der Waals surface area contributed by atoms with Crippen LogP contribution in [-0.2, 0) is 0 Å². The maximum atomic E-state index is 9.64. The van der Waals surface area contributed by atoms with Gasteiger partial charge in [0.25, 0.3) is 0 Å². The molecule has 0 atom stereocenters. The maximum Gasteiger partial charge on any atom is 0.0998 e. The summed E-state index contributed by atoms with van der Waals surface area (Å²) in [5, 5.41) is 15.5. The summed E-state index contributed by atoms with van der Waals surface area (Å²) in [7, 11) is 0. The van der Waals surface area contributed by atoms with E-state index in [4.69, 9.17) is 0 Å². The summed E-state index contributed by atoms with van der Waals surface area (Å²) in [5.74, 6) is 0. The lowest BCUT2D eigenvalue weighted by Crippen LogP contribution is -2.13. The highest BCUT2D eigenvalue weighted by Gasteiger charge is 2.20. The molecular weight excluding hydrogens is 282 g/mol. The Labute approximate surface area is 137 Å². The largest absolute Gasteiger partial charge is 0.262 e. The maximum absolute atomic E-state index is 9.64. The number of hydrogen-bond donors (Lipinski definition) is 0. The Bertz CT molecular complexity index is 785. The van der Waals surface area contributed by atoms with E-state index in [1.54, 1.807) is 0 Å². The van der Waals surface area contributed by atoms with Gasteiger partial charge in [-0.1, -0.05) is 25.3 Å². The Morgan fingerprint density at radius 2 is 1.96 bits per heavy atom. The molecule has 3 nitrogen and oxygen atoms in total. The molecule has 4 rings (SSSR count). The minimum absolute atomic E-state index is 0.507. The van der Waals surface area contributed by atoms with Crippen molar-refractivity contribution in [2.24, 2.45) is 0 Å². The molecule has 2 aromatic rings. The van der Waals surface area contributed by atoms with E-state index in [1.165, 1.54) is 55.9 Å². The second kappa shape index (κ2) is 6.20. The van der Waals surface area contributed by atoms with Crippen LogP contribution in [0.5, 0.6) is 0 Å². The van der Waals surface area contributed by atoms with Gasteiger partial charge in [0.15, 0.2) is 0 Å². The molecule has 1 aromatic heterocycles. The van der Waals surface area contributed by atoms with Crippen molar-refractivity contribution in [1.82, 2.24) is 9.78 Å². The van der Waals surface area contributed by atoms with Gasteiger partial charge in [-0.2, -0.15) is 10.4 Å². The van der Waals surface area contributed by atoms with Crippen LogP contribution in [0.3, 0.4) is 0 Å². The summed E-state index contributed by atoms with van der Waals surface area (Å²) in [6.07, 6.45) is 15.4. The third-order valence-electron chi connectivity index (χ3n) is 5.41. The minimum Gasteiger partial charge on any atom is -0.262 e. The number of allylic oxidation sites excluding steroid dienone is 2. The van der Waals surface area contributed by atoms with Crippen molar-refractivity contribution in [3.8, 4) is 6.07 Å². The quantitative estimate of drug-likeness (QED) is 0.748. The van der Waals surface area contributed by atoms with E-state index in [9.17, 15) is 5.26 Å². The topological polar surface area (TPSA) is 41.6 Å². The SMILES string of the molecule is N#Cc1cc2c(cnn2C2CCCCC2)cc1C1=CCCCC1. The monoisotopic (exact) mass is 305 g/mol. The van der Waals surface area contributed by atoms with Crippen molar-refractivity contribution < 1.29 is 0 Å². The number of nitriles is 1. The highest BCUT2D eigenvalue weighted by Crippen LogP contribution is 2.34. The Hall–Kier alpha value is -2.08. The molecule has 0 unspecified atom stereocenters. The normalized spacial score (nSPS) is 19.5. The van der Waals surface area contributed by atoms with Crippen LogP contribution < -0.4 is 0 Å². The number of rotatable bonds is 2. The first kappa shape index (κ1) is 14.5. The molecule has 0 spiro atoms. The van der Waals surface area contributed by atoms with Crippen LogP contribution in [0.2, 0.25) is 0 Å². The Kier molecular flexibility index (Phi) is 3.91. The van der Waals surface area contributed by atoms with Gasteiger partial charge in [0.05, 0.1) is 29.4 Å². The van der Waals surface area contributed by atoms with Crippen molar-refractivity contribution in [3.63, 3.8) is 0 Å². The van der Waals surface area contributed by atoms with Crippen LogP contribution >= 0.6 is 0 Å². The Morgan fingerprint density at radius 1 is 1.09 bits per heavy atom. The van der Waals surface area contributed by atoms with E-state index in [0.29, 0.717) is 6.04 Å². The van der Waals surface area contributed by atoms with Crippen LogP contribution in [-0.4, -0.2) is 9.78 Å². The van der Waals surface area contributed by atoms with Crippen molar-refractivity contribution in [1.29, 1.82) is 5.26 Å². The summed E-state index contributed by atoms with van der Waals surface area (Å²) in [6.45, 7) is 0. The molecule has 0 saturated heterocycles. The fraction of sp³-hybridized carbons (Fsp3) is 0.500. The molecule has 1 saturated carbocycles. The van der Waals surface area contributed by atoms with Gasteiger partial charge in [0.1, 0.15) is 0 Å². The third-order valence-corrected chi connectivity index (χ3v) is 5.41. The average molecular weight is 305 g/mol. The van der Waals surface area contributed by atoms with Gasteiger partial charge in [-0.3, -0.25) is 4.68 Å². The fourth-order valence-corrected chi connectivity index (χ4v) is 4.15. The zero-order valence-corrected chi connectivity index (χ0v) is 13.6. The van der Waals surface area contributed by atoms with E-state index >= 15 is 0 Å². The smallest absolute Gasteiger partial charge is 0.0998 e. The molecule has 0 amide bonds. The van der Waals surface area contributed by atoms with Gasteiger partial charge in [0.2, 0.25) is 0 Å². The standard InChI is InChI=1S/C20H23N3/c21-13-16-12-20-17(11-19(16)15-7-3-1-4-8-15)14-22-23(20)18-9-5-2-6-10-18/h7,11-12,14,18H,1-6,8-10H2. The Balaban J connectivity index is 1.79. The van der Waals surface area contributed by atoms with Gasteiger partial charge in [-0.25, -0.2) is 0 Å². The van der Waals surface area contributed by atoms with E-state index in [0.717, 1.165) is 29.5 Å². The predicted molar refractivity (Wildman–Crippen MR) is 93.0 cm³/mol. The van der Waals surface area contributed by atoms with E-state index < -0.39 is 0 Å². The lowest BCUT2D eigenvalue weighted by Gasteiger charge is -2.23. The van der Waals surface area contributed by atoms with Crippen molar-refractivity contribution in [2.75, 3.05) is 0 Å². The molecular formula is C20H23N3. The zero-order valence-electron chi connectivity index (χ0n) is 13.6. The summed E-state index contributed by atoms with van der Waals surface area (Å²) in [6, 6.07) is 7.19. The molecule has 0 radical (unpaired) electrons. The number of benzene rings is 1. The first-order chi connectivity index (χ1) is 11.4. The van der Waals surface area contributed by atoms with Gasteiger partial charge >= 0.3 is 0 Å². The molecule has 0 N–H and O–H groups in total. The number of nitrogens with zero attached hydrogens (tertiary/aromatic N) is 3. The zero-order chi connectivity index (χ0) is 15.6. The van der Waals surface area contributed by atoms with Crippen LogP contribution in [0.25, 0.3) is 16.5 Å². The number of aromatic nitrogens is 2. The molecule has 0 bridgehead atoms. The molecule has 118 valence electrons. The Morgan fingerprint density at radius 3 is 2.70 bits per heavy atom. The fourth-order valence-electron chi connectivity index (χ4n) is 4.15. The summed E-state index contributed by atoms with van der Waals surface area (Å²) in [4.78, 5) is 0. The molecule has 0 aliphatic heterocycles.